The quantitative estimate of drug-likeness (QED) is 0.338. The average molecular weight is 520 g/mol. The lowest BCUT2D eigenvalue weighted by molar-refractivity contribution is 0.101. The number of H-pyrrole nitrogens is 1. The first-order valence-electron chi connectivity index (χ1n) is 10.0. The molecule has 8 nitrogen and oxygen atoms in total. The first-order chi connectivity index (χ1) is 16.5. The number of amides is 1. The van der Waals surface area contributed by atoms with E-state index in [-0.39, 0.29) is 11.4 Å². The monoisotopic (exact) mass is 519 g/mol. The summed E-state index contributed by atoms with van der Waals surface area (Å²) in [4.78, 5) is 32.2. The second-order valence-corrected chi connectivity index (χ2v) is 8.11. The molecule has 0 radical (unpaired) electrons. The smallest absolute Gasteiger partial charge is 0.280 e. The van der Waals surface area contributed by atoms with Crippen molar-refractivity contribution in [2.45, 2.75) is 0 Å². The van der Waals surface area contributed by atoms with E-state index in [2.05, 4.69) is 36.3 Å². The van der Waals surface area contributed by atoms with Gasteiger partial charge in [0, 0.05) is 34.8 Å². The highest BCUT2D eigenvalue weighted by molar-refractivity contribution is 9.10. The number of anilines is 1. The van der Waals surface area contributed by atoms with Crippen molar-refractivity contribution < 1.29 is 13.9 Å². The van der Waals surface area contributed by atoms with Crippen molar-refractivity contribution in [2.24, 2.45) is 0 Å². The van der Waals surface area contributed by atoms with E-state index in [0.29, 0.717) is 27.3 Å². The van der Waals surface area contributed by atoms with Crippen molar-refractivity contribution >= 4 is 38.6 Å². The lowest BCUT2D eigenvalue weighted by atomic mass is 10.2. The molecule has 0 bridgehead atoms. The van der Waals surface area contributed by atoms with Crippen LogP contribution in [0, 0.1) is 5.82 Å². The van der Waals surface area contributed by atoms with Crippen molar-refractivity contribution in [1.29, 1.82) is 0 Å². The SMILES string of the molecule is O=C(Nc1ccc(Oc2ccnc3[nH]ccc23)cc1)c1nn(-c2ccc(Br)cc2F)ccc1=O. The molecule has 0 atom stereocenters. The normalized spacial score (nSPS) is 10.9. The van der Waals surface area contributed by atoms with Crippen molar-refractivity contribution in [3.8, 4) is 17.2 Å². The van der Waals surface area contributed by atoms with Gasteiger partial charge in [-0.25, -0.2) is 14.1 Å². The number of carbonyl (C=O) groups is 1. The van der Waals surface area contributed by atoms with Gasteiger partial charge in [-0.05, 0) is 54.6 Å². The minimum Gasteiger partial charge on any atom is -0.457 e. The highest BCUT2D eigenvalue weighted by Crippen LogP contribution is 2.29. The molecule has 0 unspecified atom stereocenters. The molecule has 5 rings (SSSR count). The summed E-state index contributed by atoms with van der Waals surface area (Å²) in [5, 5.41) is 7.50. The molecule has 0 spiro atoms. The molecule has 5 aromatic rings. The van der Waals surface area contributed by atoms with Crippen molar-refractivity contribution in [3.05, 3.63) is 105 Å². The Bertz CT molecular complexity index is 1580. The molecule has 3 heterocycles. The summed E-state index contributed by atoms with van der Waals surface area (Å²) in [7, 11) is 0. The number of fused-ring (bicyclic) bond motifs is 1. The first kappa shape index (κ1) is 21.5. The zero-order chi connectivity index (χ0) is 23.7. The molecule has 0 aliphatic rings. The Morgan fingerprint density at radius 2 is 1.91 bits per heavy atom. The lowest BCUT2D eigenvalue weighted by Gasteiger charge is -2.10. The van der Waals surface area contributed by atoms with Crippen molar-refractivity contribution in [1.82, 2.24) is 19.7 Å². The second-order valence-electron chi connectivity index (χ2n) is 7.20. The van der Waals surface area contributed by atoms with Crippen LogP contribution in [0.3, 0.4) is 0 Å². The third-order valence-electron chi connectivity index (χ3n) is 4.94. The summed E-state index contributed by atoms with van der Waals surface area (Å²) in [5.41, 5.74) is 0.304. The van der Waals surface area contributed by atoms with E-state index in [4.69, 9.17) is 4.74 Å². The number of nitrogens with one attached hydrogen (secondary N) is 2. The Balaban J connectivity index is 1.34. The summed E-state index contributed by atoms with van der Waals surface area (Å²) in [6.07, 6.45) is 4.72. The van der Waals surface area contributed by atoms with Gasteiger partial charge < -0.3 is 15.0 Å². The molecule has 0 saturated heterocycles. The van der Waals surface area contributed by atoms with Gasteiger partial charge in [0.1, 0.15) is 28.7 Å². The molecule has 0 aliphatic carbocycles. The average Bonchev–Trinajstić information content (AvgIpc) is 3.31. The fourth-order valence-corrected chi connectivity index (χ4v) is 3.65. The topological polar surface area (TPSA) is 102 Å². The zero-order valence-corrected chi connectivity index (χ0v) is 18.9. The number of hydrogen-bond donors (Lipinski definition) is 2. The second kappa shape index (κ2) is 8.91. The number of carbonyl (C=O) groups excluding carboxylic acids is 1. The highest BCUT2D eigenvalue weighted by Gasteiger charge is 2.15. The minimum absolute atomic E-state index is 0.103. The van der Waals surface area contributed by atoms with Gasteiger partial charge in [-0.3, -0.25) is 9.59 Å². The fraction of sp³-hybridized carbons (Fsp3) is 0. The predicted octanol–water partition coefficient (Wildman–Crippen LogP) is 5.06. The van der Waals surface area contributed by atoms with Gasteiger partial charge in [-0.15, -0.1) is 0 Å². The van der Waals surface area contributed by atoms with E-state index in [1.165, 1.54) is 18.3 Å². The van der Waals surface area contributed by atoms with E-state index in [0.717, 1.165) is 16.1 Å². The van der Waals surface area contributed by atoms with E-state index in [9.17, 15) is 14.0 Å². The number of nitrogens with zero attached hydrogens (tertiary/aromatic N) is 3. The molecule has 168 valence electrons. The number of benzene rings is 2. The van der Waals surface area contributed by atoms with Gasteiger partial charge in [-0.2, -0.15) is 5.10 Å². The van der Waals surface area contributed by atoms with Crippen LogP contribution >= 0.6 is 15.9 Å². The molecule has 3 aromatic heterocycles. The van der Waals surface area contributed by atoms with Gasteiger partial charge in [0.15, 0.2) is 5.69 Å². The van der Waals surface area contributed by atoms with Crippen molar-refractivity contribution in [3.63, 3.8) is 0 Å². The van der Waals surface area contributed by atoms with Crippen LogP contribution in [0.4, 0.5) is 10.1 Å². The van der Waals surface area contributed by atoms with Crippen LogP contribution in [0.25, 0.3) is 16.7 Å². The Kier molecular flexibility index (Phi) is 5.64. The molecule has 2 aromatic carbocycles. The van der Waals surface area contributed by atoms with Crippen LogP contribution in [0.2, 0.25) is 0 Å². The number of halogens is 2. The van der Waals surface area contributed by atoms with Crippen LogP contribution in [0.1, 0.15) is 10.5 Å². The van der Waals surface area contributed by atoms with E-state index in [1.807, 2.05) is 6.07 Å². The highest BCUT2D eigenvalue weighted by atomic mass is 79.9. The molecular weight excluding hydrogens is 505 g/mol. The third kappa shape index (κ3) is 4.30. The number of aromatic nitrogens is 4. The minimum atomic E-state index is -0.714. The Labute approximate surface area is 200 Å². The number of pyridine rings is 1. The summed E-state index contributed by atoms with van der Waals surface area (Å²) in [6, 6.07) is 15.8. The molecule has 0 fully saturated rings. The number of ether oxygens (including phenoxy) is 1. The molecule has 0 saturated carbocycles. The van der Waals surface area contributed by atoms with Gasteiger partial charge in [-0.1, -0.05) is 15.9 Å². The Morgan fingerprint density at radius 1 is 1.09 bits per heavy atom. The van der Waals surface area contributed by atoms with Crippen LogP contribution in [0.15, 0.2) is 88.5 Å². The molecule has 10 heteroatoms. The van der Waals surface area contributed by atoms with Crippen LogP contribution in [0.5, 0.6) is 11.5 Å². The van der Waals surface area contributed by atoms with Gasteiger partial charge in [0.25, 0.3) is 5.91 Å². The van der Waals surface area contributed by atoms with Gasteiger partial charge >= 0.3 is 0 Å². The largest absolute Gasteiger partial charge is 0.457 e. The van der Waals surface area contributed by atoms with E-state index in [1.54, 1.807) is 48.8 Å². The third-order valence-corrected chi connectivity index (χ3v) is 5.43. The standard InChI is InChI=1S/C24H15BrFN5O3/c25-14-1-6-19(18(26)13-14)31-12-9-20(32)22(30-31)24(33)29-15-2-4-16(5-3-15)34-21-8-11-28-23-17(21)7-10-27-23/h1-13H,(H,27,28)(H,29,33). The molecule has 34 heavy (non-hydrogen) atoms. The van der Waals surface area contributed by atoms with E-state index < -0.39 is 17.2 Å². The zero-order valence-electron chi connectivity index (χ0n) is 17.3. The van der Waals surface area contributed by atoms with Gasteiger partial charge in [0.05, 0.1) is 5.39 Å². The van der Waals surface area contributed by atoms with Crippen LogP contribution in [-0.4, -0.2) is 25.7 Å². The first-order valence-corrected chi connectivity index (χ1v) is 10.8. The molecule has 1 amide bonds. The maximum absolute atomic E-state index is 14.3. The summed E-state index contributed by atoms with van der Waals surface area (Å²) < 4.78 is 21.9. The molecule has 2 N–H and O–H groups in total. The van der Waals surface area contributed by atoms with Crippen LogP contribution < -0.4 is 15.5 Å². The number of aromatic amines is 1. The predicted molar refractivity (Wildman–Crippen MR) is 128 cm³/mol. The van der Waals surface area contributed by atoms with Crippen molar-refractivity contribution in [2.75, 3.05) is 5.32 Å². The molecule has 0 aliphatic heterocycles. The van der Waals surface area contributed by atoms with Gasteiger partial charge in [0.2, 0.25) is 5.43 Å². The lowest BCUT2D eigenvalue weighted by Crippen LogP contribution is -2.25. The maximum atomic E-state index is 14.3. The maximum Gasteiger partial charge on any atom is 0.280 e. The Morgan fingerprint density at radius 3 is 2.71 bits per heavy atom. The summed E-state index contributed by atoms with van der Waals surface area (Å²) in [5.74, 6) is -0.0814. The fourth-order valence-electron chi connectivity index (χ4n) is 3.31. The molecular formula is C24H15BrFN5O3. The van der Waals surface area contributed by atoms with Crippen LogP contribution in [-0.2, 0) is 0 Å². The summed E-state index contributed by atoms with van der Waals surface area (Å²) in [6.45, 7) is 0. The van der Waals surface area contributed by atoms with E-state index >= 15 is 0 Å². The number of hydrogen-bond acceptors (Lipinski definition) is 5. The summed E-state index contributed by atoms with van der Waals surface area (Å²) >= 11 is 3.19. The number of rotatable bonds is 5. The Hall–Kier alpha value is -4.31.